The minimum atomic E-state index is -0.305. The molecule has 0 spiro atoms. The van der Waals surface area contributed by atoms with E-state index in [0.717, 1.165) is 42.7 Å². The van der Waals surface area contributed by atoms with Crippen LogP contribution in [0.25, 0.3) is 10.9 Å². The SMILES string of the molecule is COC(=O)c1ccc2c(c1)CCCN(c1cc(Cl)c3cc(Cl)ccc3n1)C2. The van der Waals surface area contributed by atoms with E-state index in [-0.39, 0.29) is 5.97 Å². The number of esters is 1. The van der Waals surface area contributed by atoms with Crippen LogP contribution in [0.5, 0.6) is 0 Å². The first-order valence-electron chi connectivity index (χ1n) is 8.76. The maximum absolute atomic E-state index is 11.8. The second-order valence-corrected chi connectivity index (χ2v) is 7.47. The van der Waals surface area contributed by atoms with Crippen LogP contribution in [-0.2, 0) is 17.7 Å². The van der Waals surface area contributed by atoms with Crippen molar-refractivity contribution >= 4 is 45.9 Å². The molecule has 0 saturated heterocycles. The number of fused-ring (bicyclic) bond motifs is 2. The van der Waals surface area contributed by atoms with Gasteiger partial charge in [-0.25, -0.2) is 9.78 Å². The second kappa shape index (κ2) is 7.37. The van der Waals surface area contributed by atoms with E-state index in [1.54, 1.807) is 0 Å². The molecule has 4 rings (SSSR count). The lowest BCUT2D eigenvalue weighted by Gasteiger charge is -2.23. The number of carbonyl (C=O) groups is 1. The summed E-state index contributed by atoms with van der Waals surface area (Å²) in [6.45, 7) is 1.59. The van der Waals surface area contributed by atoms with Gasteiger partial charge < -0.3 is 9.64 Å². The summed E-state index contributed by atoms with van der Waals surface area (Å²) in [4.78, 5) is 18.8. The molecule has 0 amide bonds. The average Bonchev–Trinajstić information content (AvgIpc) is 2.89. The monoisotopic (exact) mass is 400 g/mol. The van der Waals surface area contributed by atoms with E-state index in [9.17, 15) is 4.79 Å². The molecule has 2 aromatic carbocycles. The highest BCUT2D eigenvalue weighted by atomic mass is 35.5. The molecule has 3 aromatic rings. The number of halogens is 2. The minimum absolute atomic E-state index is 0.305. The summed E-state index contributed by atoms with van der Waals surface area (Å²) < 4.78 is 4.83. The fourth-order valence-corrected chi connectivity index (χ4v) is 3.93. The summed E-state index contributed by atoms with van der Waals surface area (Å²) >= 11 is 12.6. The van der Waals surface area contributed by atoms with E-state index in [1.807, 2.05) is 42.5 Å². The van der Waals surface area contributed by atoms with Crippen molar-refractivity contribution in [2.75, 3.05) is 18.6 Å². The summed E-state index contributed by atoms with van der Waals surface area (Å²) in [5.74, 6) is 0.542. The number of nitrogens with zero attached hydrogens (tertiary/aromatic N) is 2. The molecule has 1 aliphatic rings. The van der Waals surface area contributed by atoms with Gasteiger partial charge in [0.1, 0.15) is 5.82 Å². The fourth-order valence-electron chi connectivity index (χ4n) is 3.50. The first-order chi connectivity index (χ1) is 13.0. The topological polar surface area (TPSA) is 42.4 Å². The number of rotatable bonds is 2. The van der Waals surface area contributed by atoms with Crippen LogP contribution in [0.2, 0.25) is 10.0 Å². The molecule has 0 bridgehead atoms. The van der Waals surface area contributed by atoms with Gasteiger partial charge in [-0.1, -0.05) is 29.3 Å². The number of benzene rings is 2. The van der Waals surface area contributed by atoms with E-state index in [2.05, 4.69) is 4.90 Å². The van der Waals surface area contributed by atoms with Gasteiger partial charge in [0.2, 0.25) is 0 Å². The molecule has 1 aromatic heterocycles. The van der Waals surface area contributed by atoms with Crippen molar-refractivity contribution in [3.8, 4) is 0 Å². The number of hydrogen-bond acceptors (Lipinski definition) is 4. The molecule has 0 aliphatic carbocycles. The number of ether oxygens (including phenoxy) is 1. The van der Waals surface area contributed by atoms with Crippen molar-refractivity contribution in [2.45, 2.75) is 19.4 Å². The van der Waals surface area contributed by atoms with Crippen LogP contribution < -0.4 is 4.90 Å². The molecule has 6 heteroatoms. The third-order valence-electron chi connectivity index (χ3n) is 4.89. The van der Waals surface area contributed by atoms with Crippen molar-refractivity contribution in [3.05, 3.63) is 69.2 Å². The third kappa shape index (κ3) is 3.60. The summed E-state index contributed by atoms with van der Waals surface area (Å²) in [5, 5.41) is 2.14. The lowest BCUT2D eigenvalue weighted by Crippen LogP contribution is -2.23. The predicted octanol–water partition coefficient (Wildman–Crippen LogP) is 5.28. The van der Waals surface area contributed by atoms with E-state index in [1.165, 1.54) is 18.2 Å². The number of hydrogen-bond donors (Lipinski definition) is 0. The Labute approximate surface area is 167 Å². The maximum atomic E-state index is 11.8. The average molecular weight is 401 g/mol. The van der Waals surface area contributed by atoms with Crippen LogP contribution in [0, 0.1) is 0 Å². The molecule has 27 heavy (non-hydrogen) atoms. The standard InChI is InChI=1S/C21H18Cl2N2O2/c1-27-21(26)14-4-5-15-12-25(8-2-3-13(15)9-14)20-11-18(23)17-10-16(22)6-7-19(17)24-20/h4-7,9-11H,2-3,8,12H2,1H3. The number of anilines is 1. The molecule has 0 radical (unpaired) electrons. The van der Waals surface area contributed by atoms with Crippen molar-refractivity contribution in [1.29, 1.82) is 0 Å². The summed E-state index contributed by atoms with van der Waals surface area (Å²) in [5.41, 5.74) is 3.79. The molecular weight excluding hydrogens is 383 g/mol. The highest BCUT2D eigenvalue weighted by Gasteiger charge is 2.19. The van der Waals surface area contributed by atoms with Gasteiger partial charge in [0, 0.05) is 23.5 Å². The largest absolute Gasteiger partial charge is 0.465 e. The number of aromatic nitrogens is 1. The maximum Gasteiger partial charge on any atom is 0.337 e. The number of methoxy groups -OCH3 is 1. The van der Waals surface area contributed by atoms with Crippen LogP contribution in [0.4, 0.5) is 5.82 Å². The zero-order valence-corrected chi connectivity index (χ0v) is 16.3. The molecule has 0 unspecified atom stereocenters. The summed E-state index contributed by atoms with van der Waals surface area (Å²) in [6.07, 6.45) is 1.88. The fraction of sp³-hybridized carbons (Fsp3) is 0.238. The molecule has 2 heterocycles. The van der Waals surface area contributed by atoms with Crippen LogP contribution in [0.15, 0.2) is 42.5 Å². The zero-order valence-electron chi connectivity index (χ0n) is 14.8. The molecule has 1 aliphatic heterocycles. The van der Waals surface area contributed by atoms with E-state index in [0.29, 0.717) is 15.6 Å². The first kappa shape index (κ1) is 18.1. The van der Waals surface area contributed by atoms with E-state index < -0.39 is 0 Å². The van der Waals surface area contributed by atoms with Gasteiger partial charge in [-0.2, -0.15) is 0 Å². The molecule has 0 fully saturated rings. The summed E-state index contributed by atoms with van der Waals surface area (Å²) in [7, 11) is 1.40. The quantitative estimate of drug-likeness (QED) is 0.548. The Morgan fingerprint density at radius 3 is 2.78 bits per heavy atom. The van der Waals surface area contributed by atoms with Gasteiger partial charge in [0.25, 0.3) is 0 Å². The highest BCUT2D eigenvalue weighted by Crippen LogP contribution is 2.31. The smallest absolute Gasteiger partial charge is 0.337 e. The first-order valence-corrected chi connectivity index (χ1v) is 9.51. The lowest BCUT2D eigenvalue weighted by molar-refractivity contribution is 0.0600. The van der Waals surface area contributed by atoms with E-state index in [4.69, 9.17) is 32.9 Å². The van der Waals surface area contributed by atoms with Crippen molar-refractivity contribution in [3.63, 3.8) is 0 Å². The number of pyridine rings is 1. The van der Waals surface area contributed by atoms with Crippen LogP contribution in [0.1, 0.15) is 27.9 Å². The Hall–Kier alpha value is -2.30. The number of carbonyl (C=O) groups excluding carboxylic acids is 1. The van der Waals surface area contributed by atoms with Crippen molar-refractivity contribution < 1.29 is 9.53 Å². The summed E-state index contributed by atoms with van der Waals surface area (Å²) in [6, 6.07) is 13.2. The van der Waals surface area contributed by atoms with Crippen molar-refractivity contribution in [1.82, 2.24) is 4.98 Å². The van der Waals surface area contributed by atoms with Gasteiger partial charge in [0.15, 0.2) is 0 Å². The van der Waals surface area contributed by atoms with Crippen LogP contribution >= 0.6 is 23.2 Å². The van der Waals surface area contributed by atoms with Gasteiger partial charge in [-0.3, -0.25) is 0 Å². The van der Waals surface area contributed by atoms with Gasteiger partial charge in [0.05, 0.1) is 23.2 Å². The molecule has 0 atom stereocenters. The normalized spacial score (nSPS) is 14.0. The Kier molecular flexibility index (Phi) is 4.94. The third-order valence-corrected chi connectivity index (χ3v) is 5.44. The molecule has 4 nitrogen and oxygen atoms in total. The molecule has 0 N–H and O–H groups in total. The Balaban J connectivity index is 1.68. The lowest BCUT2D eigenvalue weighted by atomic mass is 10.0. The number of aryl methyl sites for hydroxylation is 1. The second-order valence-electron chi connectivity index (χ2n) is 6.62. The van der Waals surface area contributed by atoms with Crippen molar-refractivity contribution in [2.24, 2.45) is 0 Å². The van der Waals surface area contributed by atoms with Gasteiger partial charge >= 0.3 is 5.97 Å². The Morgan fingerprint density at radius 1 is 1.11 bits per heavy atom. The van der Waals surface area contributed by atoms with E-state index >= 15 is 0 Å². The zero-order chi connectivity index (χ0) is 19.0. The predicted molar refractivity (Wildman–Crippen MR) is 109 cm³/mol. The van der Waals surface area contributed by atoms with Gasteiger partial charge in [-0.05, 0) is 60.4 Å². The molecular formula is C21H18Cl2N2O2. The highest BCUT2D eigenvalue weighted by molar-refractivity contribution is 6.37. The Bertz CT molecular complexity index is 1040. The molecule has 0 saturated carbocycles. The molecule has 138 valence electrons. The van der Waals surface area contributed by atoms with Crippen LogP contribution in [0.3, 0.4) is 0 Å². The Morgan fingerprint density at radius 2 is 1.96 bits per heavy atom. The van der Waals surface area contributed by atoms with Gasteiger partial charge in [-0.15, -0.1) is 0 Å². The minimum Gasteiger partial charge on any atom is -0.465 e. The van der Waals surface area contributed by atoms with Crippen LogP contribution in [-0.4, -0.2) is 24.6 Å².